The van der Waals surface area contributed by atoms with Gasteiger partial charge in [-0.15, -0.1) is 0 Å². The molecule has 0 spiro atoms. The fourth-order valence-electron chi connectivity index (χ4n) is 2.33. The van der Waals surface area contributed by atoms with Gasteiger partial charge in [0.25, 0.3) is 0 Å². The lowest BCUT2D eigenvalue weighted by molar-refractivity contribution is -0.137. The maximum absolute atomic E-state index is 12.7. The van der Waals surface area contributed by atoms with Gasteiger partial charge in [-0.2, -0.15) is 13.2 Å². The fourth-order valence-corrected chi connectivity index (χ4v) is 3.80. The van der Waals surface area contributed by atoms with Crippen molar-refractivity contribution >= 4 is 10.0 Å². The van der Waals surface area contributed by atoms with E-state index in [1.54, 1.807) is 12.2 Å². The monoisotopic (exact) mass is 335 g/mol. The Balaban J connectivity index is 2.28. The molecule has 0 amide bonds. The highest BCUT2D eigenvalue weighted by Crippen LogP contribution is 2.32. The Hall–Kier alpha value is -1.38. The van der Waals surface area contributed by atoms with Crippen molar-refractivity contribution in [1.29, 1.82) is 0 Å². The van der Waals surface area contributed by atoms with Gasteiger partial charge in [0.2, 0.25) is 10.0 Å². The van der Waals surface area contributed by atoms with E-state index in [-0.39, 0.29) is 23.0 Å². The predicted molar refractivity (Wildman–Crippen MR) is 74.6 cm³/mol. The Bertz CT molecular complexity index is 683. The van der Waals surface area contributed by atoms with Crippen LogP contribution in [0, 0.1) is 12.8 Å². The average Bonchev–Trinajstić information content (AvgIpc) is 2.84. The summed E-state index contributed by atoms with van der Waals surface area (Å²) in [7, 11) is -4.07. The van der Waals surface area contributed by atoms with Crippen LogP contribution in [0.25, 0.3) is 0 Å². The van der Waals surface area contributed by atoms with Crippen LogP contribution < -0.4 is 4.72 Å². The van der Waals surface area contributed by atoms with Crippen molar-refractivity contribution in [1.82, 2.24) is 4.72 Å². The third kappa shape index (κ3) is 3.68. The minimum absolute atomic E-state index is 0.0999. The van der Waals surface area contributed by atoms with E-state index in [2.05, 4.69) is 4.72 Å². The van der Waals surface area contributed by atoms with Gasteiger partial charge in [-0.1, -0.05) is 18.2 Å². The van der Waals surface area contributed by atoms with Crippen molar-refractivity contribution < 1.29 is 26.7 Å². The van der Waals surface area contributed by atoms with E-state index in [4.69, 9.17) is 5.11 Å². The molecule has 1 aromatic rings. The molecule has 4 nitrogen and oxygen atoms in total. The Kier molecular flexibility index (Phi) is 4.65. The Morgan fingerprint density at radius 1 is 1.32 bits per heavy atom. The number of halogens is 3. The first-order chi connectivity index (χ1) is 10.1. The third-order valence-corrected chi connectivity index (χ3v) is 5.15. The van der Waals surface area contributed by atoms with Crippen molar-refractivity contribution in [3.8, 4) is 0 Å². The van der Waals surface area contributed by atoms with Gasteiger partial charge in [-0.25, -0.2) is 13.1 Å². The Labute approximate surface area is 126 Å². The second-order valence-corrected chi connectivity index (χ2v) is 6.95. The van der Waals surface area contributed by atoms with E-state index in [9.17, 15) is 21.6 Å². The molecule has 0 radical (unpaired) electrons. The zero-order chi connectivity index (χ0) is 16.5. The Morgan fingerprint density at radius 2 is 2.00 bits per heavy atom. The molecule has 2 rings (SSSR count). The fraction of sp³-hybridized carbons (Fsp3) is 0.429. The molecule has 0 fully saturated rings. The number of hydrogen-bond donors (Lipinski definition) is 2. The number of rotatable bonds is 4. The molecular weight excluding hydrogens is 319 g/mol. The zero-order valence-electron chi connectivity index (χ0n) is 11.8. The van der Waals surface area contributed by atoms with Crippen molar-refractivity contribution in [2.75, 3.05) is 6.61 Å². The molecule has 1 aliphatic carbocycles. The van der Waals surface area contributed by atoms with Crippen LogP contribution in [-0.4, -0.2) is 26.2 Å². The lowest BCUT2D eigenvalue weighted by Crippen LogP contribution is -2.33. The zero-order valence-corrected chi connectivity index (χ0v) is 12.6. The first-order valence-electron chi connectivity index (χ1n) is 6.63. The Morgan fingerprint density at radius 3 is 2.55 bits per heavy atom. The molecular formula is C14H16F3NO3S. The van der Waals surface area contributed by atoms with Gasteiger partial charge in [0.15, 0.2) is 0 Å². The molecule has 0 unspecified atom stereocenters. The molecule has 0 saturated carbocycles. The van der Waals surface area contributed by atoms with Gasteiger partial charge in [0, 0.05) is 18.6 Å². The molecule has 0 aromatic heterocycles. The van der Waals surface area contributed by atoms with Crippen LogP contribution in [0.2, 0.25) is 0 Å². The summed E-state index contributed by atoms with van der Waals surface area (Å²) in [5.74, 6) is -0.143. The molecule has 1 aliphatic rings. The normalized spacial score (nSPS) is 22.2. The third-order valence-electron chi connectivity index (χ3n) is 3.52. The maximum atomic E-state index is 12.7. The second-order valence-electron chi connectivity index (χ2n) is 5.27. The molecule has 22 heavy (non-hydrogen) atoms. The first-order valence-corrected chi connectivity index (χ1v) is 8.11. The number of aliphatic hydroxyl groups excluding tert-OH is 1. The van der Waals surface area contributed by atoms with Crippen LogP contribution >= 0.6 is 0 Å². The van der Waals surface area contributed by atoms with Crippen LogP contribution in [0.1, 0.15) is 17.5 Å². The summed E-state index contributed by atoms with van der Waals surface area (Å²) in [6.45, 7) is 1.34. The number of aryl methyl sites for hydroxylation is 1. The number of hydrogen-bond acceptors (Lipinski definition) is 3. The van der Waals surface area contributed by atoms with Gasteiger partial charge < -0.3 is 5.11 Å². The smallest absolute Gasteiger partial charge is 0.396 e. The first kappa shape index (κ1) is 17.0. The molecule has 8 heteroatoms. The molecule has 2 N–H and O–H groups in total. The summed E-state index contributed by atoms with van der Waals surface area (Å²) >= 11 is 0. The van der Waals surface area contributed by atoms with Crippen LogP contribution in [0.15, 0.2) is 35.2 Å². The minimum atomic E-state index is -4.60. The van der Waals surface area contributed by atoms with Crippen LogP contribution in [-0.2, 0) is 16.2 Å². The highest BCUT2D eigenvalue weighted by Gasteiger charge is 2.33. The summed E-state index contributed by atoms with van der Waals surface area (Å²) < 4.78 is 65.2. The van der Waals surface area contributed by atoms with Crippen molar-refractivity contribution in [3.63, 3.8) is 0 Å². The SMILES string of the molecule is Cc1ccc(C(F)(F)F)cc1S(=O)(=O)N[C@@H]1C=C[C@H](CO)C1. The summed E-state index contributed by atoms with van der Waals surface area (Å²) in [6.07, 6.45) is -0.936. The summed E-state index contributed by atoms with van der Waals surface area (Å²) in [4.78, 5) is -0.386. The number of benzene rings is 1. The van der Waals surface area contributed by atoms with E-state index in [1.165, 1.54) is 6.92 Å². The molecule has 122 valence electrons. The van der Waals surface area contributed by atoms with Crippen LogP contribution in [0.3, 0.4) is 0 Å². The van der Waals surface area contributed by atoms with E-state index in [0.29, 0.717) is 12.5 Å². The van der Waals surface area contributed by atoms with Gasteiger partial charge in [-0.05, 0) is 31.0 Å². The number of nitrogens with one attached hydrogen (secondary N) is 1. The molecule has 0 heterocycles. The standard InChI is InChI=1S/C14H16F3NO3S/c1-9-2-4-11(14(15,16)17)7-13(9)22(20,21)18-12-5-3-10(6-12)8-19/h2-5,7,10,12,18-19H,6,8H2,1H3/t10-,12+/m0/s1. The molecule has 0 aliphatic heterocycles. The lowest BCUT2D eigenvalue weighted by atomic mass is 10.1. The summed E-state index contributed by atoms with van der Waals surface area (Å²) in [5.41, 5.74) is -0.769. The highest BCUT2D eigenvalue weighted by atomic mass is 32.2. The van der Waals surface area contributed by atoms with Gasteiger partial charge in [0.05, 0.1) is 10.5 Å². The molecule has 0 bridgehead atoms. The van der Waals surface area contributed by atoms with Gasteiger partial charge in [-0.3, -0.25) is 0 Å². The van der Waals surface area contributed by atoms with E-state index in [1.807, 2.05) is 0 Å². The van der Waals surface area contributed by atoms with Crippen LogP contribution in [0.5, 0.6) is 0 Å². The topological polar surface area (TPSA) is 66.4 Å². The number of alkyl halides is 3. The van der Waals surface area contributed by atoms with Crippen LogP contribution in [0.4, 0.5) is 13.2 Å². The van der Waals surface area contributed by atoms with Crippen molar-refractivity contribution in [2.45, 2.75) is 30.5 Å². The predicted octanol–water partition coefficient (Wildman–Crippen LogP) is 2.23. The van der Waals surface area contributed by atoms with Gasteiger partial charge in [0.1, 0.15) is 0 Å². The quantitative estimate of drug-likeness (QED) is 0.829. The maximum Gasteiger partial charge on any atom is 0.416 e. The van der Waals surface area contributed by atoms with E-state index in [0.717, 1.165) is 12.1 Å². The molecule has 1 aromatic carbocycles. The lowest BCUT2D eigenvalue weighted by Gasteiger charge is -2.16. The summed E-state index contributed by atoms with van der Waals surface area (Å²) in [6, 6.07) is 2.10. The van der Waals surface area contributed by atoms with E-state index < -0.39 is 27.8 Å². The molecule has 2 atom stereocenters. The van der Waals surface area contributed by atoms with Crippen molar-refractivity contribution in [2.24, 2.45) is 5.92 Å². The number of sulfonamides is 1. The largest absolute Gasteiger partial charge is 0.416 e. The van der Waals surface area contributed by atoms with Gasteiger partial charge >= 0.3 is 6.18 Å². The highest BCUT2D eigenvalue weighted by molar-refractivity contribution is 7.89. The minimum Gasteiger partial charge on any atom is -0.396 e. The van der Waals surface area contributed by atoms with E-state index >= 15 is 0 Å². The summed E-state index contributed by atoms with van der Waals surface area (Å²) in [5, 5.41) is 9.02. The second kappa shape index (κ2) is 6.02. The molecule has 0 saturated heterocycles. The average molecular weight is 335 g/mol. The van der Waals surface area contributed by atoms with Crippen molar-refractivity contribution in [3.05, 3.63) is 41.5 Å². The number of aliphatic hydroxyl groups is 1.